The lowest BCUT2D eigenvalue weighted by atomic mass is 9.87. The molecule has 0 bridgehead atoms. The third-order valence-corrected chi connectivity index (χ3v) is 5.60. The predicted octanol–water partition coefficient (Wildman–Crippen LogP) is 3.47. The van der Waals surface area contributed by atoms with E-state index in [-0.39, 0.29) is 36.0 Å². The van der Waals surface area contributed by atoms with E-state index >= 15 is 0 Å². The van der Waals surface area contributed by atoms with Crippen molar-refractivity contribution in [3.05, 3.63) is 53.5 Å². The summed E-state index contributed by atoms with van der Waals surface area (Å²) in [6.07, 6.45) is 6.91. The van der Waals surface area contributed by atoms with E-state index in [0.717, 1.165) is 43.4 Å². The first-order valence-electron chi connectivity index (χ1n) is 9.66. The first-order chi connectivity index (χ1) is 13.1. The number of halogens is 1. The third-order valence-electron chi connectivity index (χ3n) is 5.60. The van der Waals surface area contributed by atoms with Crippen molar-refractivity contribution >= 4 is 29.9 Å². The molecule has 2 atom stereocenters. The van der Waals surface area contributed by atoms with Crippen molar-refractivity contribution in [2.24, 2.45) is 0 Å². The largest absolute Gasteiger partial charge is 0.459 e. The standard InChI is InChI=1S/C21H25N3O3.ClH/c22-15-9-10-16-14(13-15)5-3-6-17(16)23-20(25)18-7-1-2-11-24(18)21(26)19-8-4-12-27-19;/h4,8-10,12-13,17-18H,1-3,5-7,11,22H2,(H,23,25);1H. The Balaban J connectivity index is 0.00000225. The summed E-state index contributed by atoms with van der Waals surface area (Å²) in [5.74, 6) is -0.00543. The molecule has 2 heterocycles. The Hall–Kier alpha value is -2.47. The second-order valence-electron chi connectivity index (χ2n) is 7.40. The minimum absolute atomic E-state index is 0. The van der Waals surface area contributed by atoms with E-state index in [2.05, 4.69) is 5.32 Å². The van der Waals surface area contributed by atoms with E-state index in [1.807, 2.05) is 18.2 Å². The summed E-state index contributed by atoms with van der Waals surface area (Å²) in [5, 5.41) is 3.19. The number of piperidine rings is 1. The van der Waals surface area contributed by atoms with Gasteiger partial charge in [-0.25, -0.2) is 0 Å². The fourth-order valence-corrected chi connectivity index (χ4v) is 4.24. The Kier molecular flexibility index (Phi) is 6.29. The maximum atomic E-state index is 13.1. The van der Waals surface area contributed by atoms with Crippen LogP contribution < -0.4 is 11.1 Å². The molecule has 6 nitrogen and oxygen atoms in total. The lowest BCUT2D eigenvalue weighted by molar-refractivity contribution is -0.127. The molecule has 7 heteroatoms. The zero-order valence-corrected chi connectivity index (χ0v) is 16.5. The SMILES string of the molecule is Cl.Nc1ccc2c(c1)CCCC2NC(=O)C1CCCCN1C(=O)c1ccco1. The minimum atomic E-state index is -0.449. The van der Waals surface area contributed by atoms with Crippen molar-refractivity contribution in [3.63, 3.8) is 0 Å². The fourth-order valence-electron chi connectivity index (χ4n) is 4.24. The lowest BCUT2D eigenvalue weighted by Gasteiger charge is -2.36. The van der Waals surface area contributed by atoms with E-state index < -0.39 is 6.04 Å². The van der Waals surface area contributed by atoms with Gasteiger partial charge in [0.1, 0.15) is 6.04 Å². The number of nitrogens with two attached hydrogens (primary N) is 1. The number of nitrogens with zero attached hydrogens (tertiary/aromatic N) is 1. The maximum absolute atomic E-state index is 13.1. The molecule has 3 N–H and O–H groups in total. The van der Waals surface area contributed by atoms with Crippen LogP contribution in [-0.2, 0) is 11.2 Å². The van der Waals surface area contributed by atoms with Crippen LogP contribution in [0.25, 0.3) is 0 Å². The van der Waals surface area contributed by atoms with Crippen molar-refractivity contribution in [2.45, 2.75) is 50.6 Å². The van der Waals surface area contributed by atoms with Gasteiger partial charge in [-0.3, -0.25) is 9.59 Å². The van der Waals surface area contributed by atoms with Crippen molar-refractivity contribution < 1.29 is 14.0 Å². The number of fused-ring (bicyclic) bond motifs is 1. The molecule has 2 unspecified atom stereocenters. The number of rotatable bonds is 3. The average Bonchev–Trinajstić information content (AvgIpc) is 3.22. The molecule has 2 aromatic rings. The second kappa shape index (κ2) is 8.69. The Morgan fingerprint density at radius 2 is 2.00 bits per heavy atom. The number of carbonyl (C=O) groups excluding carboxylic acids is 2. The molecule has 150 valence electrons. The van der Waals surface area contributed by atoms with Crippen LogP contribution in [0.15, 0.2) is 41.0 Å². The van der Waals surface area contributed by atoms with Gasteiger partial charge in [0.2, 0.25) is 5.91 Å². The first kappa shape index (κ1) is 20.3. The van der Waals surface area contributed by atoms with Gasteiger partial charge in [-0.05, 0) is 73.9 Å². The molecule has 0 spiro atoms. The lowest BCUT2D eigenvalue weighted by Crippen LogP contribution is -2.52. The number of furan rings is 1. The van der Waals surface area contributed by atoms with E-state index in [4.69, 9.17) is 10.2 Å². The van der Waals surface area contributed by atoms with Gasteiger partial charge in [-0.15, -0.1) is 12.4 Å². The molecule has 1 aliphatic heterocycles. The topological polar surface area (TPSA) is 88.6 Å². The van der Waals surface area contributed by atoms with E-state index in [1.54, 1.807) is 17.0 Å². The van der Waals surface area contributed by atoms with Gasteiger partial charge in [0, 0.05) is 12.2 Å². The smallest absolute Gasteiger partial charge is 0.290 e. The third kappa shape index (κ3) is 4.02. The molecule has 2 amide bonds. The van der Waals surface area contributed by atoms with E-state index in [9.17, 15) is 9.59 Å². The Morgan fingerprint density at radius 1 is 1.14 bits per heavy atom. The summed E-state index contributed by atoms with van der Waals surface area (Å²) in [4.78, 5) is 27.5. The maximum Gasteiger partial charge on any atom is 0.290 e. The Labute approximate surface area is 170 Å². The molecule has 1 fully saturated rings. The molecule has 1 aliphatic carbocycles. The summed E-state index contributed by atoms with van der Waals surface area (Å²) >= 11 is 0. The molecule has 2 aliphatic rings. The Morgan fingerprint density at radius 3 is 2.79 bits per heavy atom. The number of likely N-dealkylation sites (tertiary alicyclic amines) is 1. The predicted molar refractivity (Wildman–Crippen MR) is 109 cm³/mol. The number of nitrogen functional groups attached to an aromatic ring is 1. The van der Waals surface area contributed by atoms with Gasteiger partial charge in [-0.1, -0.05) is 6.07 Å². The Bertz CT molecular complexity index is 837. The van der Waals surface area contributed by atoms with Gasteiger partial charge in [0.25, 0.3) is 5.91 Å². The molecule has 0 radical (unpaired) electrons. The highest BCUT2D eigenvalue weighted by molar-refractivity contribution is 5.95. The summed E-state index contributed by atoms with van der Waals surface area (Å²) in [5.41, 5.74) is 9.01. The molecule has 0 saturated carbocycles. The molecule has 1 aromatic carbocycles. The average molecular weight is 404 g/mol. The van der Waals surface area contributed by atoms with Crippen LogP contribution in [0.5, 0.6) is 0 Å². The number of benzene rings is 1. The summed E-state index contributed by atoms with van der Waals surface area (Å²) in [7, 11) is 0. The number of aryl methyl sites for hydroxylation is 1. The normalized spacial score (nSPS) is 21.4. The number of carbonyl (C=O) groups is 2. The molecule has 4 rings (SSSR count). The first-order valence-corrected chi connectivity index (χ1v) is 9.66. The van der Waals surface area contributed by atoms with Gasteiger partial charge >= 0.3 is 0 Å². The molecule has 28 heavy (non-hydrogen) atoms. The van der Waals surface area contributed by atoms with Crippen LogP contribution in [0.4, 0.5) is 5.69 Å². The molecular formula is C21H26ClN3O3. The van der Waals surface area contributed by atoms with Crippen molar-refractivity contribution in [1.29, 1.82) is 0 Å². The molecular weight excluding hydrogens is 378 g/mol. The van der Waals surface area contributed by atoms with Gasteiger partial charge < -0.3 is 20.4 Å². The number of hydrogen-bond acceptors (Lipinski definition) is 4. The highest BCUT2D eigenvalue weighted by atomic mass is 35.5. The number of hydrogen-bond donors (Lipinski definition) is 2. The van der Waals surface area contributed by atoms with Crippen LogP contribution in [-0.4, -0.2) is 29.3 Å². The van der Waals surface area contributed by atoms with Crippen LogP contribution in [0.1, 0.15) is 59.8 Å². The van der Waals surface area contributed by atoms with Gasteiger partial charge in [-0.2, -0.15) is 0 Å². The van der Waals surface area contributed by atoms with Crippen LogP contribution >= 0.6 is 12.4 Å². The van der Waals surface area contributed by atoms with Gasteiger partial charge in [0.05, 0.1) is 12.3 Å². The van der Waals surface area contributed by atoms with Crippen molar-refractivity contribution in [2.75, 3.05) is 12.3 Å². The zero-order chi connectivity index (χ0) is 18.8. The van der Waals surface area contributed by atoms with Crippen LogP contribution in [0, 0.1) is 0 Å². The van der Waals surface area contributed by atoms with Crippen molar-refractivity contribution in [3.8, 4) is 0 Å². The number of nitrogens with one attached hydrogen (secondary N) is 1. The fraction of sp³-hybridized carbons (Fsp3) is 0.429. The summed E-state index contributed by atoms with van der Waals surface area (Å²) < 4.78 is 5.25. The van der Waals surface area contributed by atoms with E-state index in [1.165, 1.54) is 11.8 Å². The highest BCUT2D eigenvalue weighted by Crippen LogP contribution is 2.31. The molecule has 1 saturated heterocycles. The minimum Gasteiger partial charge on any atom is -0.459 e. The molecule has 1 aromatic heterocycles. The van der Waals surface area contributed by atoms with Crippen molar-refractivity contribution in [1.82, 2.24) is 10.2 Å². The van der Waals surface area contributed by atoms with Gasteiger partial charge in [0.15, 0.2) is 5.76 Å². The number of anilines is 1. The number of amides is 2. The highest BCUT2D eigenvalue weighted by Gasteiger charge is 2.35. The zero-order valence-electron chi connectivity index (χ0n) is 15.7. The second-order valence-corrected chi connectivity index (χ2v) is 7.40. The monoisotopic (exact) mass is 403 g/mol. The quantitative estimate of drug-likeness (QED) is 0.768. The van der Waals surface area contributed by atoms with E-state index in [0.29, 0.717) is 13.0 Å². The summed E-state index contributed by atoms with van der Waals surface area (Å²) in [6.45, 7) is 0.579. The van der Waals surface area contributed by atoms with Crippen LogP contribution in [0.3, 0.4) is 0 Å². The summed E-state index contributed by atoms with van der Waals surface area (Å²) in [6, 6.07) is 8.77. The van der Waals surface area contributed by atoms with Crippen LogP contribution in [0.2, 0.25) is 0 Å².